The Morgan fingerprint density at radius 1 is 1.35 bits per heavy atom. The number of unbranched alkanes of at least 4 members (excludes halogenated alkanes) is 1. The summed E-state index contributed by atoms with van der Waals surface area (Å²) in [5.41, 5.74) is 5.37. The van der Waals surface area contributed by atoms with Gasteiger partial charge in [0.1, 0.15) is 5.84 Å². The summed E-state index contributed by atoms with van der Waals surface area (Å²) in [6.07, 6.45) is 2.78. The number of hydrogen-bond acceptors (Lipinski definition) is 4. The van der Waals surface area contributed by atoms with Crippen LogP contribution in [0.3, 0.4) is 0 Å². The van der Waals surface area contributed by atoms with Gasteiger partial charge in [-0.05, 0) is 25.5 Å². The van der Waals surface area contributed by atoms with Gasteiger partial charge in [-0.15, -0.1) is 0 Å². The molecule has 0 aliphatic rings. The summed E-state index contributed by atoms with van der Waals surface area (Å²) in [5, 5.41) is 21.3. The van der Waals surface area contributed by atoms with Crippen LogP contribution in [0.5, 0.6) is 0 Å². The van der Waals surface area contributed by atoms with E-state index in [-0.39, 0.29) is 16.8 Å². The van der Waals surface area contributed by atoms with E-state index in [1.54, 1.807) is 11.8 Å². The van der Waals surface area contributed by atoms with Crippen LogP contribution in [0.2, 0.25) is 0 Å². The molecular formula is C12H26N2O2S. The number of rotatable bonds is 8. The molecule has 0 aliphatic heterocycles. The van der Waals surface area contributed by atoms with E-state index in [1.807, 2.05) is 27.7 Å². The van der Waals surface area contributed by atoms with E-state index >= 15 is 0 Å². The second kappa shape index (κ2) is 7.82. The molecule has 0 radical (unpaired) electrons. The molecule has 102 valence electrons. The van der Waals surface area contributed by atoms with Crippen LogP contribution in [0.25, 0.3) is 0 Å². The first-order chi connectivity index (χ1) is 7.81. The van der Waals surface area contributed by atoms with Crippen LogP contribution in [-0.2, 0) is 0 Å². The smallest absolute Gasteiger partial charge is 0.144 e. The minimum atomic E-state index is -0.256. The molecule has 0 saturated carbocycles. The topological polar surface area (TPSA) is 78.8 Å². The summed E-state index contributed by atoms with van der Waals surface area (Å²) in [6, 6.07) is 0. The van der Waals surface area contributed by atoms with Crippen molar-refractivity contribution >= 4 is 17.6 Å². The molecule has 0 aromatic rings. The SMILES string of the molecule is CC(O)C(C)SCCCCC(C)(C)C(N)=NO. The maximum atomic E-state index is 9.33. The average molecular weight is 262 g/mol. The largest absolute Gasteiger partial charge is 0.409 e. The Morgan fingerprint density at radius 2 is 1.94 bits per heavy atom. The summed E-state index contributed by atoms with van der Waals surface area (Å²) >= 11 is 1.79. The third kappa shape index (κ3) is 6.78. The van der Waals surface area contributed by atoms with Crippen molar-refractivity contribution in [1.29, 1.82) is 0 Å². The molecule has 4 N–H and O–H groups in total. The molecule has 0 aromatic carbocycles. The number of thioether (sulfide) groups is 1. The van der Waals surface area contributed by atoms with Gasteiger partial charge in [0.05, 0.1) is 6.10 Å². The molecule has 0 amide bonds. The summed E-state index contributed by atoms with van der Waals surface area (Å²) < 4.78 is 0. The van der Waals surface area contributed by atoms with Gasteiger partial charge >= 0.3 is 0 Å². The summed E-state index contributed by atoms with van der Waals surface area (Å²) in [6.45, 7) is 7.82. The van der Waals surface area contributed by atoms with Crippen molar-refractivity contribution in [2.75, 3.05) is 5.75 Å². The highest BCUT2D eigenvalue weighted by Gasteiger charge is 2.22. The molecule has 2 unspecified atom stereocenters. The van der Waals surface area contributed by atoms with E-state index < -0.39 is 0 Å². The fourth-order valence-electron chi connectivity index (χ4n) is 1.34. The highest BCUT2D eigenvalue weighted by atomic mass is 32.2. The number of aliphatic hydroxyl groups excluding tert-OH is 1. The highest BCUT2D eigenvalue weighted by molar-refractivity contribution is 7.99. The van der Waals surface area contributed by atoms with Gasteiger partial charge in [-0.25, -0.2) is 0 Å². The summed E-state index contributed by atoms with van der Waals surface area (Å²) in [7, 11) is 0. The zero-order chi connectivity index (χ0) is 13.5. The number of amidine groups is 1. The molecule has 0 aromatic heterocycles. The molecule has 5 heteroatoms. The van der Waals surface area contributed by atoms with Gasteiger partial charge in [-0.1, -0.05) is 32.3 Å². The van der Waals surface area contributed by atoms with Crippen LogP contribution >= 0.6 is 11.8 Å². The quantitative estimate of drug-likeness (QED) is 0.206. The first-order valence-electron chi connectivity index (χ1n) is 6.09. The molecule has 0 fully saturated rings. The van der Waals surface area contributed by atoms with Crippen molar-refractivity contribution in [1.82, 2.24) is 0 Å². The number of aliphatic hydroxyl groups is 1. The summed E-state index contributed by atoms with van der Waals surface area (Å²) in [4.78, 5) is 0. The summed E-state index contributed by atoms with van der Waals surface area (Å²) in [5.74, 6) is 1.33. The number of hydrogen-bond donors (Lipinski definition) is 3. The molecule has 0 spiro atoms. The van der Waals surface area contributed by atoms with Crippen molar-refractivity contribution in [3.8, 4) is 0 Å². The van der Waals surface area contributed by atoms with E-state index in [1.165, 1.54) is 0 Å². The van der Waals surface area contributed by atoms with Crippen LogP contribution in [0, 0.1) is 5.41 Å². The predicted octanol–water partition coefficient (Wildman–Crippen LogP) is 2.43. The third-order valence-corrected chi connectivity index (χ3v) is 4.50. The lowest BCUT2D eigenvalue weighted by Crippen LogP contribution is -2.31. The Kier molecular flexibility index (Phi) is 7.63. The predicted molar refractivity (Wildman–Crippen MR) is 74.6 cm³/mol. The van der Waals surface area contributed by atoms with E-state index in [2.05, 4.69) is 5.16 Å². The lowest BCUT2D eigenvalue weighted by Gasteiger charge is -2.22. The van der Waals surface area contributed by atoms with Crippen molar-refractivity contribution in [3.63, 3.8) is 0 Å². The van der Waals surface area contributed by atoms with Crippen LogP contribution in [0.4, 0.5) is 0 Å². The Bertz CT molecular complexity index is 243. The molecule has 0 aliphatic carbocycles. The van der Waals surface area contributed by atoms with Crippen molar-refractivity contribution < 1.29 is 10.3 Å². The standard InChI is InChI=1S/C12H26N2O2S/c1-9(15)10(2)17-8-6-5-7-12(3,4)11(13)14-16/h9-10,15-16H,5-8H2,1-4H3,(H2,13,14). The third-order valence-electron chi connectivity index (χ3n) is 3.06. The molecule has 0 bridgehead atoms. The number of nitrogens with zero attached hydrogens (tertiary/aromatic N) is 1. The van der Waals surface area contributed by atoms with E-state index in [9.17, 15) is 5.11 Å². The van der Waals surface area contributed by atoms with Crippen molar-refractivity contribution in [2.24, 2.45) is 16.3 Å². The van der Waals surface area contributed by atoms with Gasteiger partial charge < -0.3 is 16.0 Å². The average Bonchev–Trinajstić information content (AvgIpc) is 2.26. The fourth-order valence-corrected chi connectivity index (χ4v) is 2.36. The van der Waals surface area contributed by atoms with Gasteiger partial charge in [-0.2, -0.15) is 11.8 Å². The number of oxime groups is 1. The Hall–Kier alpha value is -0.420. The zero-order valence-corrected chi connectivity index (χ0v) is 12.1. The Morgan fingerprint density at radius 3 is 2.41 bits per heavy atom. The monoisotopic (exact) mass is 262 g/mol. The second-order valence-electron chi connectivity index (χ2n) is 5.14. The molecule has 2 atom stereocenters. The van der Waals surface area contributed by atoms with Crippen molar-refractivity contribution in [2.45, 2.75) is 58.3 Å². The van der Waals surface area contributed by atoms with Gasteiger partial charge in [0.15, 0.2) is 0 Å². The first-order valence-corrected chi connectivity index (χ1v) is 7.14. The van der Waals surface area contributed by atoms with Crippen LogP contribution in [-0.4, -0.2) is 33.3 Å². The second-order valence-corrected chi connectivity index (χ2v) is 6.63. The zero-order valence-electron chi connectivity index (χ0n) is 11.3. The van der Waals surface area contributed by atoms with Crippen LogP contribution < -0.4 is 5.73 Å². The van der Waals surface area contributed by atoms with E-state index in [0.29, 0.717) is 5.84 Å². The lowest BCUT2D eigenvalue weighted by atomic mass is 9.86. The molecule has 0 heterocycles. The Labute approximate surface area is 109 Å². The molecule has 0 rings (SSSR count). The minimum Gasteiger partial charge on any atom is -0.409 e. The number of nitrogens with two attached hydrogens (primary N) is 1. The highest BCUT2D eigenvalue weighted by Crippen LogP contribution is 2.24. The maximum Gasteiger partial charge on any atom is 0.144 e. The lowest BCUT2D eigenvalue weighted by molar-refractivity contribution is 0.196. The van der Waals surface area contributed by atoms with Gasteiger partial charge in [0.25, 0.3) is 0 Å². The molecular weight excluding hydrogens is 236 g/mol. The van der Waals surface area contributed by atoms with Gasteiger partial charge in [0.2, 0.25) is 0 Å². The van der Waals surface area contributed by atoms with E-state index in [0.717, 1.165) is 25.0 Å². The van der Waals surface area contributed by atoms with Crippen LogP contribution in [0.15, 0.2) is 5.16 Å². The van der Waals surface area contributed by atoms with Gasteiger partial charge in [-0.3, -0.25) is 0 Å². The molecule has 17 heavy (non-hydrogen) atoms. The molecule has 0 saturated heterocycles. The fraction of sp³-hybridized carbons (Fsp3) is 0.917. The van der Waals surface area contributed by atoms with Gasteiger partial charge in [0, 0.05) is 10.7 Å². The van der Waals surface area contributed by atoms with Crippen molar-refractivity contribution in [3.05, 3.63) is 0 Å². The van der Waals surface area contributed by atoms with E-state index in [4.69, 9.17) is 10.9 Å². The normalized spacial score (nSPS) is 16.9. The Balaban J connectivity index is 3.72. The maximum absolute atomic E-state index is 9.33. The van der Waals surface area contributed by atoms with Crippen LogP contribution in [0.1, 0.15) is 47.0 Å². The molecule has 4 nitrogen and oxygen atoms in total. The first kappa shape index (κ1) is 16.6. The minimum absolute atomic E-state index is 0.241.